The number of ether oxygens (including phenoxy) is 1. The standard InChI is InChI=1S/C20H29ClN2OS.C16H22ClNO2S.CH4O/c1-22-12-9-19(16-5-7-18(21)8-6-16)17(13-22)14-25-15-20(24)23-10-3-2-4-11-23;1-18-8-7-15(12-3-5-14(17)6-4-12)13(9-18)10-21-11-16(19)20-2;1-2/h5-8,17,19H,2-4,9-15H2,1H3;3-6,13,15H,7-11H2,1-2H3;2H,1H3/t17-,19-;13-,15-;/m11./s1. The van der Waals surface area contributed by atoms with Gasteiger partial charge in [0.1, 0.15) is 0 Å². The van der Waals surface area contributed by atoms with Crippen LogP contribution in [0.4, 0.5) is 0 Å². The molecule has 48 heavy (non-hydrogen) atoms. The highest BCUT2D eigenvalue weighted by atomic mass is 35.5. The van der Waals surface area contributed by atoms with Crippen molar-refractivity contribution in [3.8, 4) is 0 Å². The first-order chi connectivity index (χ1) is 23.2. The van der Waals surface area contributed by atoms with Crippen LogP contribution < -0.4 is 0 Å². The number of hydrogen-bond donors (Lipinski definition) is 1. The van der Waals surface area contributed by atoms with Gasteiger partial charge in [0.15, 0.2) is 0 Å². The van der Waals surface area contributed by atoms with Crippen LogP contribution in [-0.4, -0.2) is 122 Å². The molecule has 1 amide bonds. The molecule has 0 saturated carbocycles. The molecule has 3 aliphatic heterocycles. The van der Waals surface area contributed by atoms with Gasteiger partial charge in [-0.05, 0) is 130 Å². The Morgan fingerprint density at radius 3 is 1.60 bits per heavy atom. The van der Waals surface area contributed by atoms with E-state index in [1.54, 1.807) is 11.8 Å². The predicted octanol–water partition coefficient (Wildman–Crippen LogP) is 7.01. The molecule has 2 aromatic rings. The van der Waals surface area contributed by atoms with Crippen LogP contribution in [0.3, 0.4) is 0 Å². The number of thioether (sulfide) groups is 2. The molecular weight excluding hydrogens is 685 g/mol. The lowest BCUT2D eigenvalue weighted by molar-refractivity contribution is -0.137. The highest BCUT2D eigenvalue weighted by Gasteiger charge is 2.30. The number of likely N-dealkylation sites (tertiary alicyclic amines) is 3. The Balaban J connectivity index is 0.000000251. The van der Waals surface area contributed by atoms with Crippen LogP contribution in [0.25, 0.3) is 0 Å². The first kappa shape index (κ1) is 41.0. The van der Waals surface area contributed by atoms with Gasteiger partial charge in [-0.25, -0.2) is 0 Å². The number of halogens is 2. The number of piperidine rings is 3. The normalized spacial score (nSPS) is 23.3. The molecule has 0 bridgehead atoms. The van der Waals surface area contributed by atoms with Crippen molar-refractivity contribution >= 4 is 58.6 Å². The minimum Gasteiger partial charge on any atom is -0.468 e. The number of esters is 1. The number of aliphatic hydroxyl groups is 1. The summed E-state index contributed by atoms with van der Waals surface area (Å²) in [5, 5.41) is 8.58. The fraction of sp³-hybridized carbons (Fsp3) is 0.622. The highest BCUT2D eigenvalue weighted by molar-refractivity contribution is 8.00. The Kier molecular flexibility index (Phi) is 19.1. The second kappa shape index (κ2) is 22.4. The van der Waals surface area contributed by atoms with E-state index >= 15 is 0 Å². The summed E-state index contributed by atoms with van der Waals surface area (Å²) in [6.45, 7) is 6.35. The molecule has 11 heteroatoms. The van der Waals surface area contributed by atoms with Gasteiger partial charge in [-0.15, -0.1) is 11.8 Å². The van der Waals surface area contributed by atoms with E-state index < -0.39 is 0 Å². The van der Waals surface area contributed by atoms with Crippen molar-refractivity contribution in [3.05, 3.63) is 69.7 Å². The number of rotatable bonds is 10. The number of carbonyl (C=O) groups is 2. The number of hydrogen-bond acceptors (Lipinski definition) is 8. The maximum Gasteiger partial charge on any atom is 0.315 e. The monoisotopic (exact) mass is 739 g/mol. The van der Waals surface area contributed by atoms with Crippen LogP contribution >= 0.6 is 46.7 Å². The maximum absolute atomic E-state index is 12.4. The van der Waals surface area contributed by atoms with E-state index in [1.807, 2.05) is 36.0 Å². The molecule has 3 fully saturated rings. The summed E-state index contributed by atoms with van der Waals surface area (Å²) in [7, 11) is 6.80. The summed E-state index contributed by atoms with van der Waals surface area (Å²) in [6, 6.07) is 16.6. The van der Waals surface area contributed by atoms with Crippen molar-refractivity contribution in [2.75, 3.05) is 90.6 Å². The van der Waals surface area contributed by atoms with Crippen molar-refractivity contribution in [3.63, 3.8) is 0 Å². The lowest BCUT2D eigenvalue weighted by Crippen LogP contribution is -2.39. The second-order valence-electron chi connectivity index (χ2n) is 13.0. The van der Waals surface area contributed by atoms with Gasteiger partial charge >= 0.3 is 5.97 Å². The van der Waals surface area contributed by atoms with E-state index in [0.717, 1.165) is 74.4 Å². The molecule has 0 aliphatic carbocycles. The quantitative estimate of drug-likeness (QED) is 0.261. The summed E-state index contributed by atoms with van der Waals surface area (Å²) in [5.74, 6) is 5.55. The summed E-state index contributed by atoms with van der Waals surface area (Å²) in [5.41, 5.74) is 2.75. The van der Waals surface area contributed by atoms with Gasteiger partial charge in [-0.3, -0.25) is 9.59 Å². The average molecular weight is 741 g/mol. The molecule has 4 atom stereocenters. The van der Waals surface area contributed by atoms with Gasteiger partial charge in [0.2, 0.25) is 5.91 Å². The summed E-state index contributed by atoms with van der Waals surface area (Å²) >= 11 is 15.5. The fourth-order valence-corrected chi connectivity index (χ4v) is 9.36. The first-order valence-corrected chi connectivity index (χ1v) is 20.1. The largest absolute Gasteiger partial charge is 0.468 e. The zero-order valence-corrected chi connectivity index (χ0v) is 32.3. The van der Waals surface area contributed by atoms with Crippen molar-refractivity contribution in [1.82, 2.24) is 14.7 Å². The number of benzene rings is 2. The number of carbonyl (C=O) groups excluding carboxylic acids is 2. The summed E-state index contributed by atoms with van der Waals surface area (Å²) in [4.78, 5) is 30.5. The van der Waals surface area contributed by atoms with E-state index in [2.05, 4.69) is 53.1 Å². The maximum atomic E-state index is 12.4. The molecule has 3 aliphatic rings. The third-order valence-corrected chi connectivity index (χ3v) is 12.2. The van der Waals surface area contributed by atoms with Crippen molar-refractivity contribution in [2.45, 2.75) is 43.9 Å². The molecule has 7 nitrogen and oxygen atoms in total. The van der Waals surface area contributed by atoms with Gasteiger partial charge in [0.05, 0.1) is 18.6 Å². The Morgan fingerprint density at radius 1 is 0.729 bits per heavy atom. The Morgan fingerprint density at radius 2 is 1.17 bits per heavy atom. The highest BCUT2D eigenvalue weighted by Crippen LogP contribution is 2.36. The van der Waals surface area contributed by atoms with Crippen LogP contribution in [0.1, 0.15) is 55.1 Å². The Hall–Kier alpha value is -1.46. The molecule has 0 radical (unpaired) electrons. The minimum atomic E-state index is -0.146. The third kappa shape index (κ3) is 13.7. The first-order valence-electron chi connectivity index (χ1n) is 17.1. The van der Waals surface area contributed by atoms with E-state index in [4.69, 9.17) is 33.0 Å². The van der Waals surface area contributed by atoms with Gasteiger partial charge in [0.25, 0.3) is 0 Å². The van der Waals surface area contributed by atoms with E-state index in [0.29, 0.717) is 41.1 Å². The van der Waals surface area contributed by atoms with Crippen LogP contribution in [0, 0.1) is 11.8 Å². The van der Waals surface area contributed by atoms with Crippen LogP contribution in [0.2, 0.25) is 10.0 Å². The van der Waals surface area contributed by atoms with Crippen molar-refractivity contribution in [1.29, 1.82) is 0 Å². The molecular formula is C37H55Cl2N3O4S2. The lowest BCUT2D eigenvalue weighted by atomic mass is 9.81. The molecule has 5 rings (SSSR count). The van der Waals surface area contributed by atoms with Crippen LogP contribution in [0.5, 0.6) is 0 Å². The van der Waals surface area contributed by atoms with E-state index in [9.17, 15) is 9.59 Å². The topological polar surface area (TPSA) is 73.3 Å². The molecule has 3 heterocycles. The molecule has 1 N–H and O–H groups in total. The SMILES string of the molecule is CN1CC[C@H](c2ccc(Cl)cc2)[C@@H](CSCC(=O)N2CCCCC2)C1.CO.COC(=O)CSC[C@H]1CN(C)CC[C@@H]1c1ccc(Cl)cc1. The molecule has 2 aromatic carbocycles. The number of aliphatic hydroxyl groups excluding tert-OH is 1. The lowest BCUT2D eigenvalue weighted by Gasteiger charge is -2.37. The van der Waals surface area contributed by atoms with Crippen molar-refractivity contribution in [2.24, 2.45) is 11.8 Å². The molecule has 0 spiro atoms. The smallest absolute Gasteiger partial charge is 0.315 e. The molecule has 268 valence electrons. The molecule has 0 unspecified atom stereocenters. The molecule has 3 saturated heterocycles. The Labute approximate surface area is 307 Å². The summed E-state index contributed by atoms with van der Waals surface area (Å²) < 4.78 is 4.70. The third-order valence-electron chi connectivity index (χ3n) is 9.52. The van der Waals surface area contributed by atoms with Crippen LogP contribution in [0.15, 0.2) is 48.5 Å². The van der Waals surface area contributed by atoms with Crippen LogP contribution in [-0.2, 0) is 14.3 Å². The van der Waals surface area contributed by atoms with Gasteiger partial charge in [-0.2, -0.15) is 11.8 Å². The number of amides is 1. The Bertz CT molecular complexity index is 1220. The zero-order valence-electron chi connectivity index (χ0n) is 29.1. The number of nitrogens with zero attached hydrogens (tertiary/aromatic N) is 3. The van der Waals surface area contributed by atoms with E-state index in [-0.39, 0.29) is 5.97 Å². The van der Waals surface area contributed by atoms with Gasteiger partial charge in [0, 0.05) is 43.3 Å². The van der Waals surface area contributed by atoms with E-state index in [1.165, 1.54) is 43.9 Å². The second-order valence-corrected chi connectivity index (χ2v) is 15.9. The van der Waals surface area contributed by atoms with Gasteiger partial charge < -0.3 is 24.5 Å². The zero-order chi connectivity index (χ0) is 34.9. The minimum absolute atomic E-state index is 0.146. The average Bonchev–Trinajstić information content (AvgIpc) is 3.11. The summed E-state index contributed by atoms with van der Waals surface area (Å²) in [6.07, 6.45) is 5.95. The number of methoxy groups -OCH3 is 1. The predicted molar refractivity (Wildman–Crippen MR) is 205 cm³/mol. The van der Waals surface area contributed by atoms with Crippen molar-refractivity contribution < 1.29 is 19.4 Å². The van der Waals surface area contributed by atoms with Gasteiger partial charge in [-0.1, -0.05) is 47.5 Å². The molecule has 0 aromatic heterocycles. The fourth-order valence-electron chi connectivity index (χ4n) is 6.95.